The maximum Gasteiger partial charge on any atom is 0.335 e. The number of benzene rings is 16. The first-order valence-electron chi connectivity index (χ1n) is 46.3. The number of hydrogen-bond acceptors (Lipinski definition) is 20. The van der Waals surface area contributed by atoms with Gasteiger partial charge in [0.05, 0.1) is 44.5 Å². The molecule has 0 heterocycles. The van der Waals surface area contributed by atoms with Crippen LogP contribution in [0.4, 0.5) is 0 Å². The fraction of sp³-hybridized carbons (Fsp3) is 0.100. The van der Waals surface area contributed by atoms with Crippen molar-refractivity contribution in [3.63, 3.8) is 0 Å². The van der Waals surface area contributed by atoms with E-state index < -0.39 is 47.8 Å². The summed E-state index contributed by atoms with van der Waals surface area (Å²) in [4.78, 5) is 93.6. The van der Waals surface area contributed by atoms with Crippen LogP contribution in [0.2, 0.25) is 0 Å². The number of carboxylic acids is 8. The van der Waals surface area contributed by atoms with Crippen LogP contribution >= 0.6 is 0 Å². The highest BCUT2D eigenvalue weighted by Gasteiger charge is 2.19. The second-order valence-corrected chi connectivity index (χ2v) is 34.1. The third-order valence-electron chi connectivity index (χ3n) is 23.1. The Hall–Kier alpha value is -19.6. The number of hydrogen-bond donors (Lipinski definition) is 8. The van der Waals surface area contributed by atoms with Gasteiger partial charge in [-0.1, -0.05) is 170 Å². The lowest BCUT2D eigenvalue weighted by Crippen LogP contribution is -2.03. The molecule has 16 aromatic carbocycles. The van der Waals surface area contributed by atoms with E-state index in [9.17, 15) is 79.2 Å². The van der Waals surface area contributed by atoms with Crippen molar-refractivity contribution in [1.82, 2.24) is 0 Å². The van der Waals surface area contributed by atoms with Crippen molar-refractivity contribution in [1.29, 1.82) is 0 Å². The molecular formula is C120H94O28. The molecule has 0 aliphatic heterocycles. The third-order valence-corrected chi connectivity index (χ3v) is 23.1. The highest BCUT2D eigenvalue weighted by Crippen LogP contribution is 2.37. The number of ether oxygens (including phenoxy) is 12. The van der Waals surface area contributed by atoms with E-state index in [1.165, 1.54) is 97.1 Å². The second-order valence-electron chi connectivity index (χ2n) is 34.1. The molecule has 742 valence electrons. The predicted molar refractivity (Wildman–Crippen MR) is 548 cm³/mol. The molecule has 0 unspecified atom stereocenters. The van der Waals surface area contributed by atoms with Crippen molar-refractivity contribution in [2.75, 3.05) is 0 Å². The summed E-state index contributed by atoms with van der Waals surface area (Å²) in [6.45, 7) is 0.562. The van der Waals surface area contributed by atoms with Crippen LogP contribution in [0.1, 0.15) is 172 Å². The van der Waals surface area contributed by atoms with Crippen LogP contribution in [0.25, 0.3) is 35.4 Å². The Morgan fingerprint density at radius 2 is 0.264 bits per heavy atom. The van der Waals surface area contributed by atoms with E-state index in [4.69, 9.17) is 56.8 Å². The van der Waals surface area contributed by atoms with E-state index in [1.54, 1.807) is 182 Å². The zero-order valence-corrected chi connectivity index (χ0v) is 79.0. The minimum atomic E-state index is -1.07. The van der Waals surface area contributed by atoms with Crippen LogP contribution < -0.4 is 56.8 Å². The van der Waals surface area contributed by atoms with Crippen LogP contribution in [-0.2, 0) is 79.3 Å². The first kappa shape index (κ1) is 101. The molecule has 0 aromatic heterocycles. The van der Waals surface area contributed by atoms with Crippen molar-refractivity contribution in [2.24, 2.45) is 0 Å². The number of carboxylic acid groups (broad SMARTS) is 8. The molecule has 0 saturated carbocycles. The lowest BCUT2D eigenvalue weighted by atomic mass is 10.0. The Bertz CT molecular complexity index is 6360. The van der Waals surface area contributed by atoms with Gasteiger partial charge in [-0.25, -0.2) is 38.4 Å². The summed E-state index contributed by atoms with van der Waals surface area (Å²) in [5.74, 6) is -3.64. The van der Waals surface area contributed by atoms with Gasteiger partial charge in [0, 0.05) is 36.4 Å². The second kappa shape index (κ2) is 48.7. The van der Waals surface area contributed by atoms with Crippen molar-refractivity contribution < 1.29 is 136 Å². The summed E-state index contributed by atoms with van der Waals surface area (Å²) in [6.07, 6.45) is 7.76. The molecule has 0 radical (unpaired) electrons. The quantitative estimate of drug-likeness (QED) is 0.0164. The highest BCUT2D eigenvalue weighted by molar-refractivity contribution is 5.91. The molecule has 0 aliphatic rings. The smallest absolute Gasteiger partial charge is 0.335 e. The minimum Gasteiger partial charge on any atom is -0.489 e. The average Bonchev–Trinajstić information content (AvgIpc) is 0.835. The molecular weight excluding hydrogens is 1890 g/mol. The van der Waals surface area contributed by atoms with E-state index in [0.29, 0.717) is 147 Å². The normalized spacial score (nSPS) is 11.0. The molecule has 0 fully saturated rings. The molecule has 0 spiro atoms. The number of rotatable bonds is 49. The SMILES string of the molecule is O=C(O)c1ccc(COc2cc(COc3cc(/C=C/c4ccc(-c5ccc(/C=C/c6cc(OCc7cc(OCc8ccc(C(=O)O)cc8)cc(OCc8ccc(C(=O)O)cc8)c7)cc(OCc7cc(OCc8ccc(C(=O)O)cc8)cc(OCc8ccc(C(=O)O)cc8)c7)c6)cc5)cc4)cc(OCc4cc(OCc5ccc(C(=O)O)cc5)cc(OCc5ccc(C(=O)O)cc5)c4)c3)cc(OCc3ccc(C(=O)O)cc3)c2)cc1. The largest absolute Gasteiger partial charge is 0.489 e. The molecule has 0 bridgehead atoms. The molecule has 0 amide bonds. The lowest BCUT2D eigenvalue weighted by molar-refractivity contribution is 0.0686. The van der Waals surface area contributed by atoms with Crippen LogP contribution in [0.5, 0.6) is 69.0 Å². The zero-order chi connectivity index (χ0) is 103. The van der Waals surface area contributed by atoms with Gasteiger partial charge in [0.15, 0.2) is 0 Å². The Balaban J connectivity index is 0.664. The van der Waals surface area contributed by atoms with E-state index >= 15 is 0 Å². The van der Waals surface area contributed by atoms with Gasteiger partial charge in [0.1, 0.15) is 148 Å². The summed E-state index contributed by atoms with van der Waals surface area (Å²) in [7, 11) is 0. The molecule has 0 saturated heterocycles. The molecule has 148 heavy (non-hydrogen) atoms. The Morgan fingerprint density at radius 1 is 0.142 bits per heavy atom. The molecule has 0 aliphatic carbocycles. The van der Waals surface area contributed by atoms with Gasteiger partial charge in [-0.2, -0.15) is 0 Å². The minimum absolute atomic E-state index is 0.0138. The molecule has 28 heteroatoms. The Kier molecular flexibility index (Phi) is 33.3. The zero-order valence-electron chi connectivity index (χ0n) is 79.0. The molecule has 16 aromatic rings. The van der Waals surface area contributed by atoms with Crippen molar-refractivity contribution in [3.8, 4) is 80.1 Å². The topological polar surface area (TPSA) is 409 Å². The summed E-state index contributed by atoms with van der Waals surface area (Å²) in [6, 6.07) is 98.7. The van der Waals surface area contributed by atoms with Gasteiger partial charge >= 0.3 is 47.8 Å². The fourth-order valence-electron chi connectivity index (χ4n) is 15.1. The first-order chi connectivity index (χ1) is 71.7. The highest BCUT2D eigenvalue weighted by atomic mass is 16.5. The maximum absolute atomic E-state index is 11.7. The van der Waals surface area contributed by atoms with E-state index in [1.807, 2.05) is 97.1 Å². The Labute approximate surface area is 848 Å². The average molecular weight is 1980 g/mol. The van der Waals surface area contributed by atoms with Crippen LogP contribution in [0.3, 0.4) is 0 Å². The van der Waals surface area contributed by atoms with E-state index in [0.717, 1.165) is 22.3 Å². The summed E-state index contributed by atoms with van der Waals surface area (Å²) >= 11 is 0. The van der Waals surface area contributed by atoms with Crippen molar-refractivity contribution in [2.45, 2.75) is 79.3 Å². The van der Waals surface area contributed by atoms with Crippen molar-refractivity contribution in [3.05, 3.63) is 485 Å². The van der Waals surface area contributed by atoms with E-state index in [2.05, 4.69) is 0 Å². The maximum atomic E-state index is 11.7. The van der Waals surface area contributed by atoms with Crippen LogP contribution in [0.15, 0.2) is 352 Å². The molecule has 16 rings (SSSR count). The monoisotopic (exact) mass is 1980 g/mol. The summed E-state index contributed by atoms with van der Waals surface area (Å²) < 4.78 is 77.1. The predicted octanol–water partition coefficient (Wildman–Crippen LogP) is 24.2. The van der Waals surface area contributed by atoms with Gasteiger partial charge in [0.25, 0.3) is 0 Å². The Morgan fingerprint density at radius 3 is 0.399 bits per heavy atom. The summed E-state index contributed by atoms with van der Waals surface area (Å²) in [5.41, 5.74) is 14.1. The molecule has 0 atom stereocenters. The van der Waals surface area contributed by atoms with E-state index in [-0.39, 0.29) is 124 Å². The van der Waals surface area contributed by atoms with Gasteiger partial charge in [-0.15, -0.1) is 0 Å². The number of carbonyl (C=O) groups is 8. The lowest BCUT2D eigenvalue weighted by Gasteiger charge is -2.15. The van der Waals surface area contributed by atoms with Crippen molar-refractivity contribution >= 4 is 72.1 Å². The van der Waals surface area contributed by atoms with Gasteiger partial charge in [-0.05, 0) is 270 Å². The standard InChI is InChI=1S/C120H94O28/c121-113(122)93-29-9-77(10-30-93)63-137-105-49-87(50-106(59-105)138-64-78-11-31-94(32-12-78)114(123)124)71-145-101-45-85(46-102(57-101)146-72-88-51-107(139-65-79-13-33-95(34-14-79)115(125)126)60-108(52-88)140-66-80-15-35-96(36-16-80)116(127)128)3-1-75-5-25-91(26-6-75)92-27-7-76(8-28-92)2-4-86-47-103(147-73-89-53-109(141-67-81-17-37-97(38-18-81)117(129)130)61-110(54-89)142-68-82-19-39-98(40-20-82)118(131)132)58-104(48-86)148-74-90-55-111(143-69-83-21-41-99(42-22-83)119(133)134)62-112(56-90)144-70-84-23-43-100(44-24-84)120(135)136/h1-62H,63-74H2,(H,121,122)(H,123,124)(H,125,126)(H,127,128)(H,129,130)(H,131,132)(H,133,134)(H,135,136)/b3-1+,4-2+. The van der Waals surface area contributed by atoms with Crippen LogP contribution in [-0.4, -0.2) is 88.6 Å². The molecule has 8 N–H and O–H groups in total. The fourth-order valence-corrected chi connectivity index (χ4v) is 15.1. The molecule has 28 nitrogen and oxygen atoms in total. The van der Waals surface area contributed by atoms with Gasteiger partial charge in [-0.3, -0.25) is 0 Å². The van der Waals surface area contributed by atoms with Crippen LogP contribution in [0, 0.1) is 0 Å². The summed E-state index contributed by atoms with van der Waals surface area (Å²) in [5, 5.41) is 76.5. The van der Waals surface area contributed by atoms with Gasteiger partial charge in [0.2, 0.25) is 0 Å². The third kappa shape index (κ3) is 29.7. The van der Waals surface area contributed by atoms with Gasteiger partial charge < -0.3 is 97.7 Å². The first-order valence-corrected chi connectivity index (χ1v) is 46.3. The number of aromatic carboxylic acids is 8.